The number of amides is 1. The Morgan fingerprint density at radius 2 is 2.03 bits per heavy atom. The number of nitrogens with one attached hydrogen (secondary N) is 3. The minimum atomic E-state index is -3.29. The first kappa shape index (κ1) is 21.2. The molecule has 2 aromatic rings. The molecule has 3 heterocycles. The van der Waals surface area contributed by atoms with Gasteiger partial charge in [0, 0.05) is 30.4 Å². The number of rotatable bonds is 6. The summed E-state index contributed by atoms with van der Waals surface area (Å²) in [6.45, 7) is 1.22. The molecule has 1 amide bonds. The van der Waals surface area contributed by atoms with Crippen LogP contribution in [0.3, 0.4) is 0 Å². The number of fused-ring (bicyclic) bond motifs is 4. The molecule has 2 aliphatic carbocycles. The highest BCUT2D eigenvalue weighted by Crippen LogP contribution is 2.45. The second-order valence-electron chi connectivity index (χ2n) is 9.50. The summed E-state index contributed by atoms with van der Waals surface area (Å²) in [5.74, 6) is 1.84. The molecule has 6 rings (SSSR count). The zero-order valence-corrected chi connectivity index (χ0v) is 19.6. The summed E-state index contributed by atoms with van der Waals surface area (Å²) in [6.07, 6.45) is 7.89. The van der Waals surface area contributed by atoms with E-state index < -0.39 is 10.0 Å². The molecule has 0 spiro atoms. The van der Waals surface area contributed by atoms with Crippen LogP contribution in [0.2, 0.25) is 0 Å². The fourth-order valence-corrected chi connectivity index (χ4v) is 6.79. The smallest absolute Gasteiger partial charge is 0.232 e. The van der Waals surface area contributed by atoms with Crippen LogP contribution >= 0.6 is 0 Å². The van der Waals surface area contributed by atoms with Crippen LogP contribution in [0.4, 0.5) is 29.0 Å². The van der Waals surface area contributed by atoms with Gasteiger partial charge in [-0.3, -0.25) is 9.10 Å². The van der Waals surface area contributed by atoms with Gasteiger partial charge in [0.25, 0.3) is 0 Å². The molecule has 2 bridgehead atoms. The van der Waals surface area contributed by atoms with Gasteiger partial charge in [-0.25, -0.2) is 8.42 Å². The first-order chi connectivity index (χ1) is 16.3. The first-order valence-corrected chi connectivity index (χ1v) is 13.4. The molecule has 34 heavy (non-hydrogen) atoms. The lowest BCUT2D eigenvalue weighted by molar-refractivity contribution is -0.122. The number of hydrogen-bond donors (Lipinski definition) is 4. The number of nitrogens with zero attached hydrogens (tertiary/aromatic N) is 3. The average Bonchev–Trinajstić information content (AvgIpc) is 3.55. The highest BCUT2D eigenvalue weighted by Gasteiger charge is 2.48. The van der Waals surface area contributed by atoms with Crippen LogP contribution in [0.5, 0.6) is 0 Å². The molecule has 4 atom stereocenters. The third kappa shape index (κ3) is 3.46. The monoisotopic (exact) mass is 481 g/mol. The van der Waals surface area contributed by atoms with Crippen molar-refractivity contribution >= 4 is 44.9 Å². The highest BCUT2D eigenvalue weighted by atomic mass is 32.2. The van der Waals surface area contributed by atoms with Crippen LogP contribution in [-0.4, -0.2) is 49.7 Å². The van der Waals surface area contributed by atoms with E-state index >= 15 is 0 Å². The molecular formula is C23H27N7O3S. The quantitative estimate of drug-likeness (QED) is 0.456. The summed E-state index contributed by atoms with van der Waals surface area (Å²) in [6, 6.07) is 5.52. The normalized spacial score (nSPS) is 26.3. The van der Waals surface area contributed by atoms with E-state index in [0.717, 1.165) is 47.8 Å². The molecule has 0 radical (unpaired) electrons. The lowest BCUT2D eigenvalue weighted by atomic mass is 9.88. The third-order valence-corrected chi connectivity index (χ3v) is 8.53. The van der Waals surface area contributed by atoms with E-state index in [9.17, 15) is 13.2 Å². The van der Waals surface area contributed by atoms with Crippen molar-refractivity contribution in [1.29, 1.82) is 0 Å². The minimum absolute atomic E-state index is 0.0816. The predicted molar refractivity (Wildman–Crippen MR) is 131 cm³/mol. The van der Waals surface area contributed by atoms with E-state index in [-0.39, 0.29) is 29.7 Å². The Kier molecular flexibility index (Phi) is 4.73. The van der Waals surface area contributed by atoms with Crippen LogP contribution in [0.25, 0.3) is 0 Å². The Labute approximate surface area is 198 Å². The molecule has 1 aromatic carbocycles. The van der Waals surface area contributed by atoms with Crippen molar-refractivity contribution < 1.29 is 13.2 Å². The predicted octanol–water partition coefficient (Wildman–Crippen LogP) is 1.60. The maximum Gasteiger partial charge on any atom is 0.232 e. The minimum Gasteiger partial charge on any atom is -0.369 e. The zero-order chi connectivity index (χ0) is 23.6. The Bertz CT molecular complexity index is 1330. The molecule has 5 N–H and O–H groups in total. The molecule has 1 aromatic heterocycles. The summed E-state index contributed by atoms with van der Waals surface area (Å²) >= 11 is 0. The lowest BCUT2D eigenvalue weighted by Crippen LogP contribution is -2.41. The van der Waals surface area contributed by atoms with Gasteiger partial charge in [0.1, 0.15) is 11.6 Å². The van der Waals surface area contributed by atoms with E-state index in [1.807, 2.05) is 18.2 Å². The van der Waals surface area contributed by atoms with Gasteiger partial charge >= 0.3 is 0 Å². The molecule has 1 fully saturated rings. The average molecular weight is 482 g/mol. The van der Waals surface area contributed by atoms with Crippen LogP contribution < -0.4 is 26.0 Å². The number of benzene rings is 1. The van der Waals surface area contributed by atoms with Crippen molar-refractivity contribution in [3.63, 3.8) is 0 Å². The zero-order valence-electron chi connectivity index (χ0n) is 18.8. The molecule has 1 saturated carbocycles. The summed E-state index contributed by atoms with van der Waals surface area (Å²) in [5.41, 5.74) is 9.22. The second-order valence-corrected chi connectivity index (χ2v) is 11.4. The van der Waals surface area contributed by atoms with E-state index in [1.165, 1.54) is 10.6 Å². The largest absolute Gasteiger partial charge is 0.369 e. The number of sulfonamides is 1. The maximum atomic E-state index is 12.2. The van der Waals surface area contributed by atoms with E-state index in [0.29, 0.717) is 24.6 Å². The molecule has 4 aliphatic rings. The van der Waals surface area contributed by atoms with E-state index in [1.54, 1.807) is 0 Å². The van der Waals surface area contributed by atoms with Crippen molar-refractivity contribution in [2.45, 2.75) is 25.3 Å². The number of anilines is 5. The van der Waals surface area contributed by atoms with Crippen LogP contribution in [0, 0.1) is 17.8 Å². The van der Waals surface area contributed by atoms with Gasteiger partial charge < -0.3 is 21.7 Å². The fourth-order valence-electron chi connectivity index (χ4n) is 5.84. The van der Waals surface area contributed by atoms with Gasteiger partial charge in [-0.15, -0.1) is 0 Å². The standard InChI is InChI=1S/C23H27N7O3S/c1-34(32,33)30-9-7-12-11-15(4-5-17(12)30)26-23-28-21-16(6-8-25-21)22(29-23)27-19-14-3-2-13(10-14)18(19)20(24)31/h2-5,11,13-14,18-19H,6-10H2,1H3,(H2,24,31)(H3,25,26,27,28,29). The van der Waals surface area contributed by atoms with Gasteiger partial charge in [0.05, 0.1) is 17.9 Å². The van der Waals surface area contributed by atoms with Crippen molar-refractivity contribution in [3.05, 3.63) is 41.5 Å². The Balaban J connectivity index is 1.29. The number of nitrogens with two attached hydrogens (primary N) is 1. The topological polar surface area (TPSA) is 142 Å². The number of primary amides is 1. The van der Waals surface area contributed by atoms with Crippen LogP contribution in [0.15, 0.2) is 30.4 Å². The first-order valence-electron chi connectivity index (χ1n) is 11.5. The van der Waals surface area contributed by atoms with Crippen molar-refractivity contribution in [1.82, 2.24) is 9.97 Å². The number of carbonyl (C=O) groups is 1. The van der Waals surface area contributed by atoms with Crippen LogP contribution in [0.1, 0.15) is 17.5 Å². The van der Waals surface area contributed by atoms with Crippen LogP contribution in [-0.2, 0) is 27.7 Å². The number of allylic oxidation sites excluding steroid dienone is 1. The number of carbonyl (C=O) groups excluding carboxylic acids is 1. The second kappa shape index (κ2) is 7.59. The third-order valence-electron chi connectivity index (χ3n) is 7.35. The Morgan fingerprint density at radius 3 is 2.82 bits per heavy atom. The van der Waals surface area contributed by atoms with Gasteiger partial charge in [-0.1, -0.05) is 12.2 Å². The summed E-state index contributed by atoms with van der Waals surface area (Å²) in [4.78, 5) is 21.6. The van der Waals surface area contributed by atoms with E-state index in [2.05, 4.69) is 33.1 Å². The highest BCUT2D eigenvalue weighted by molar-refractivity contribution is 7.92. The van der Waals surface area contributed by atoms with Gasteiger partial charge in [-0.05, 0) is 54.9 Å². The summed E-state index contributed by atoms with van der Waals surface area (Å²) in [7, 11) is -3.29. The molecule has 11 heteroatoms. The van der Waals surface area contributed by atoms with Gasteiger partial charge in [0.2, 0.25) is 21.9 Å². The molecule has 10 nitrogen and oxygen atoms in total. The molecular weight excluding hydrogens is 454 g/mol. The fraction of sp³-hybridized carbons (Fsp3) is 0.435. The number of aromatic nitrogens is 2. The van der Waals surface area contributed by atoms with Crippen molar-refractivity contribution in [2.75, 3.05) is 39.6 Å². The summed E-state index contributed by atoms with van der Waals surface area (Å²) < 4.78 is 25.5. The maximum absolute atomic E-state index is 12.2. The summed E-state index contributed by atoms with van der Waals surface area (Å²) in [5, 5.41) is 10.1. The molecule has 178 valence electrons. The van der Waals surface area contributed by atoms with Crippen molar-refractivity contribution in [2.24, 2.45) is 23.5 Å². The van der Waals surface area contributed by atoms with Gasteiger partial charge in [-0.2, -0.15) is 9.97 Å². The van der Waals surface area contributed by atoms with Gasteiger partial charge in [0.15, 0.2) is 0 Å². The molecule has 2 aliphatic heterocycles. The molecule has 0 saturated heterocycles. The van der Waals surface area contributed by atoms with E-state index in [4.69, 9.17) is 10.7 Å². The Hall–Kier alpha value is -3.34. The number of hydrogen-bond acceptors (Lipinski definition) is 8. The SMILES string of the molecule is CS(=O)(=O)N1CCc2cc(Nc3nc4c(c(NC5C6C=CC(C6)C5C(N)=O)n3)CCN4)ccc21. The lowest BCUT2D eigenvalue weighted by Gasteiger charge is -2.28. The molecule has 4 unspecified atom stereocenters. The van der Waals surface area contributed by atoms with Crippen molar-refractivity contribution in [3.8, 4) is 0 Å². The Morgan fingerprint density at radius 1 is 1.21 bits per heavy atom.